The van der Waals surface area contributed by atoms with Gasteiger partial charge in [-0.05, 0) is 39.2 Å². The highest BCUT2D eigenvalue weighted by Crippen LogP contribution is 2.03. The summed E-state index contributed by atoms with van der Waals surface area (Å²) in [5, 5.41) is 3.14. The number of aryl methyl sites for hydroxylation is 1. The van der Waals surface area contributed by atoms with Crippen molar-refractivity contribution in [2.24, 2.45) is 0 Å². The zero-order chi connectivity index (χ0) is 10.2. The Kier molecular flexibility index (Phi) is 5.33. The third kappa shape index (κ3) is 4.44. The highest BCUT2D eigenvalue weighted by Gasteiger charge is 1.99. The van der Waals surface area contributed by atoms with E-state index in [0.29, 0.717) is 0 Å². The molecule has 1 rings (SSSR count). The van der Waals surface area contributed by atoms with E-state index in [9.17, 15) is 0 Å². The van der Waals surface area contributed by atoms with Crippen molar-refractivity contribution in [2.75, 3.05) is 33.7 Å². The second kappa shape index (κ2) is 6.62. The van der Waals surface area contributed by atoms with Crippen LogP contribution < -0.4 is 5.32 Å². The number of likely N-dealkylation sites (N-methyl/N-ethyl adjacent to an activating group) is 2. The fourth-order valence-electron chi connectivity index (χ4n) is 1.39. The molecule has 1 aromatic heterocycles. The van der Waals surface area contributed by atoms with Crippen LogP contribution in [-0.2, 0) is 6.42 Å². The van der Waals surface area contributed by atoms with Gasteiger partial charge >= 0.3 is 0 Å². The Morgan fingerprint density at radius 1 is 1.43 bits per heavy atom. The highest BCUT2D eigenvalue weighted by molar-refractivity contribution is 4.97. The van der Waals surface area contributed by atoms with Gasteiger partial charge in [0.2, 0.25) is 0 Å². The van der Waals surface area contributed by atoms with E-state index in [-0.39, 0.29) is 0 Å². The number of nitrogens with one attached hydrogen (secondary N) is 1. The topological polar surface area (TPSA) is 28.4 Å². The lowest BCUT2D eigenvalue weighted by atomic mass is 10.2. The molecule has 0 bridgehead atoms. The van der Waals surface area contributed by atoms with E-state index in [4.69, 9.17) is 4.42 Å². The second-order valence-corrected chi connectivity index (χ2v) is 3.59. The third-order valence-corrected chi connectivity index (χ3v) is 2.29. The number of rotatable bonds is 7. The Morgan fingerprint density at radius 2 is 2.29 bits per heavy atom. The van der Waals surface area contributed by atoms with Crippen LogP contribution in [0.5, 0.6) is 0 Å². The summed E-state index contributed by atoms with van der Waals surface area (Å²) in [4.78, 5) is 2.33. The summed E-state index contributed by atoms with van der Waals surface area (Å²) in [5.74, 6) is 1.09. The molecule has 80 valence electrons. The quantitative estimate of drug-likeness (QED) is 0.714. The van der Waals surface area contributed by atoms with Crippen LogP contribution in [-0.4, -0.2) is 38.6 Å². The van der Waals surface area contributed by atoms with E-state index >= 15 is 0 Å². The molecular weight excluding hydrogens is 176 g/mol. The largest absolute Gasteiger partial charge is 0.469 e. The first kappa shape index (κ1) is 11.3. The van der Waals surface area contributed by atoms with Crippen molar-refractivity contribution in [1.82, 2.24) is 10.2 Å². The molecule has 0 aromatic carbocycles. The Bertz CT molecular complexity index is 221. The molecule has 1 aromatic rings. The summed E-state index contributed by atoms with van der Waals surface area (Å²) in [6.07, 6.45) is 3.94. The molecule has 0 aliphatic rings. The Labute approximate surface area is 86.1 Å². The van der Waals surface area contributed by atoms with E-state index in [1.165, 1.54) is 0 Å². The van der Waals surface area contributed by atoms with Gasteiger partial charge in [0.1, 0.15) is 5.76 Å². The van der Waals surface area contributed by atoms with Crippen molar-refractivity contribution in [2.45, 2.75) is 12.8 Å². The van der Waals surface area contributed by atoms with E-state index in [1.54, 1.807) is 6.26 Å². The van der Waals surface area contributed by atoms with E-state index in [0.717, 1.165) is 38.2 Å². The normalized spacial score (nSPS) is 11.1. The second-order valence-electron chi connectivity index (χ2n) is 3.59. The lowest BCUT2D eigenvalue weighted by molar-refractivity contribution is 0.326. The van der Waals surface area contributed by atoms with Crippen molar-refractivity contribution in [1.29, 1.82) is 0 Å². The van der Waals surface area contributed by atoms with Crippen molar-refractivity contribution in [3.63, 3.8) is 0 Å². The van der Waals surface area contributed by atoms with Gasteiger partial charge in [0, 0.05) is 19.5 Å². The molecule has 0 radical (unpaired) electrons. The van der Waals surface area contributed by atoms with Crippen LogP contribution in [0.3, 0.4) is 0 Å². The van der Waals surface area contributed by atoms with Crippen molar-refractivity contribution in [3.05, 3.63) is 24.2 Å². The molecule has 0 atom stereocenters. The van der Waals surface area contributed by atoms with Gasteiger partial charge < -0.3 is 14.6 Å². The van der Waals surface area contributed by atoms with Crippen molar-refractivity contribution in [3.8, 4) is 0 Å². The minimum absolute atomic E-state index is 1.04. The first-order valence-electron chi connectivity index (χ1n) is 5.18. The lowest BCUT2D eigenvalue weighted by Crippen LogP contribution is -2.28. The predicted octanol–water partition coefficient (Wildman–Crippen LogP) is 1.36. The van der Waals surface area contributed by atoms with Crippen LogP contribution in [0.2, 0.25) is 0 Å². The summed E-state index contributed by atoms with van der Waals surface area (Å²) in [5.41, 5.74) is 0. The van der Waals surface area contributed by atoms with Gasteiger partial charge in [0.05, 0.1) is 6.26 Å². The minimum atomic E-state index is 1.04. The highest BCUT2D eigenvalue weighted by atomic mass is 16.3. The number of nitrogens with zero attached hydrogens (tertiary/aromatic N) is 1. The van der Waals surface area contributed by atoms with Crippen LogP contribution in [0.4, 0.5) is 0 Å². The lowest BCUT2D eigenvalue weighted by Gasteiger charge is -2.15. The molecule has 0 spiro atoms. The molecule has 0 saturated heterocycles. The van der Waals surface area contributed by atoms with Gasteiger partial charge in [0.25, 0.3) is 0 Å². The van der Waals surface area contributed by atoms with Crippen LogP contribution in [0.15, 0.2) is 22.8 Å². The first-order chi connectivity index (χ1) is 6.83. The van der Waals surface area contributed by atoms with E-state index in [2.05, 4.69) is 17.3 Å². The maximum Gasteiger partial charge on any atom is 0.103 e. The molecule has 14 heavy (non-hydrogen) atoms. The van der Waals surface area contributed by atoms with Gasteiger partial charge in [-0.25, -0.2) is 0 Å². The predicted molar refractivity (Wildman–Crippen MR) is 58.5 cm³/mol. The zero-order valence-electron chi connectivity index (χ0n) is 9.12. The Hall–Kier alpha value is -0.800. The van der Waals surface area contributed by atoms with Crippen molar-refractivity contribution >= 4 is 0 Å². The molecular formula is C11H20N2O. The molecule has 0 fully saturated rings. The summed E-state index contributed by atoms with van der Waals surface area (Å²) in [7, 11) is 4.14. The van der Waals surface area contributed by atoms with Crippen LogP contribution in [0.1, 0.15) is 12.2 Å². The Balaban J connectivity index is 2.03. The smallest absolute Gasteiger partial charge is 0.103 e. The van der Waals surface area contributed by atoms with Gasteiger partial charge in [-0.15, -0.1) is 0 Å². The maximum absolute atomic E-state index is 5.27. The van der Waals surface area contributed by atoms with E-state index < -0.39 is 0 Å². The average molecular weight is 196 g/mol. The fourth-order valence-corrected chi connectivity index (χ4v) is 1.39. The number of hydrogen-bond acceptors (Lipinski definition) is 3. The molecule has 3 heteroatoms. The molecule has 0 unspecified atom stereocenters. The number of furan rings is 1. The summed E-state index contributed by atoms with van der Waals surface area (Å²) >= 11 is 0. The van der Waals surface area contributed by atoms with Gasteiger partial charge in [-0.1, -0.05) is 0 Å². The molecule has 1 heterocycles. The van der Waals surface area contributed by atoms with Crippen LogP contribution >= 0.6 is 0 Å². The monoisotopic (exact) mass is 196 g/mol. The van der Waals surface area contributed by atoms with Crippen molar-refractivity contribution < 1.29 is 4.42 Å². The average Bonchev–Trinajstić information content (AvgIpc) is 2.67. The first-order valence-corrected chi connectivity index (χ1v) is 5.18. The van der Waals surface area contributed by atoms with Gasteiger partial charge in [-0.3, -0.25) is 0 Å². The van der Waals surface area contributed by atoms with Gasteiger partial charge in [0.15, 0.2) is 0 Å². The summed E-state index contributed by atoms with van der Waals surface area (Å²) in [6.45, 7) is 3.29. The standard InChI is InChI=1S/C11H20N2O/c1-12-7-9-13(2)8-3-5-11-6-4-10-14-11/h4,6,10,12H,3,5,7-9H2,1-2H3. The molecule has 0 aliphatic carbocycles. The maximum atomic E-state index is 5.27. The SMILES string of the molecule is CNCCN(C)CCCc1ccco1. The Morgan fingerprint density at radius 3 is 2.93 bits per heavy atom. The molecule has 3 nitrogen and oxygen atoms in total. The fraction of sp³-hybridized carbons (Fsp3) is 0.636. The number of hydrogen-bond donors (Lipinski definition) is 1. The minimum Gasteiger partial charge on any atom is -0.469 e. The third-order valence-electron chi connectivity index (χ3n) is 2.29. The molecule has 0 saturated carbocycles. The van der Waals surface area contributed by atoms with Crippen LogP contribution in [0.25, 0.3) is 0 Å². The molecule has 0 aliphatic heterocycles. The molecule has 1 N–H and O–H groups in total. The summed E-state index contributed by atoms with van der Waals surface area (Å²) < 4.78 is 5.27. The molecule has 0 amide bonds. The van der Waals surface area contributed by atoms with Crippen LogP contribution in [0, 0.1) is 0 Å². The van der Waals surface area contributed by atoms with Gasteiger partial charge in [-0.2, -0.15) is 0 Å². The zero-order valence-corrected chi connectivity index (χ0v) is 9.12. The van der Waals surface area contributed by atoms with E-state index in [1.807, 2.05) is 19.2 Å². The summed E-state index contributed by atoms with van der Waals surface area (Å²) in [6, 6.07) is 3.98.